The van der Waals surface area contributed by atoms with Crippen LogP contribution in [0, 0.1) is 0 Å². The van der Waals surface area contributed by atoms with Gasteiger partial charge in [-0.05, 0) is 19.3 Å². The molecule has 0 spiro atoms. The maximum atomic E-state index is 12.1. The van der Waals surface area contributed by atoms with Gasteiger partial charge in [0.1, 0.15) is 24.9 Å². The first kappa shape index (κ1) is 28.2. The maximum absolute atomic E-state index is 12.1. The lowest BCUT2D eigenvalue weighted by atomic mass is 9.84. The summed E-state index contributed by atoms with van der Waals surface area (Å²) in [7, 11) is 1.52. The molecule has 0 amide bonds. The molecule has 9 atom stereocenters. The molecule has 3 aliphatic heterocycles. The average molecular weight is 505 g/mol. The zero-order valence-corrected chi connectivity index (χ0v) is 21.1. The van der Waals surface area contributed by atoms with Crippen molar-refractivity contribution >= 4 is 11.9 Å². The van der Waals surface area contributed by atoms with Crippen LogP contribution in [-0.4, -0.2) is 104 Å². The van der Waals surface area contributed by atoms with Crippen molar-refractivity contribution in [1.29, 1.82) is 0 Å². The van der Waals surface area contributed by atoms with E-state index in [4.69, 9.17) is 33.2 Å². The van der Waals surface area contributed by atoms with Gasteiger partial charge in [0.15, 0.2) is 18.0 Å². The summed E-state index contributed by atoms with van der Waals surface area (Å²) >= 11 is 0. The van der Waals surface area contributed by atoms with Crippen molar-refractivity contribution in [3.05, 3.63) is 0 Å². The van der Waals surface area contributed by atoms with E-state index in [0.29, 0.717) is 25.9 Å². The molecule has 0 aromatic rings. The van der Waals surface area contributed by atoms with Crippen LogP contribution in [-0.2, 0) is 42.7 Å². The van der Waals surface area contributed by atoms with Crippen molar-refractivity contribution in [2.45, 2.75) is 114 Å². The van der Waals surface area contributed by atoms with Crippen LogP contribution >= 0.6 is 0 Å². The summed E-state index contributed by atoms with van der Waals surface area (Å²) < 4.78 is 41.8. The van der Waals surface area contributed by atoms with Gasteiger partial charge in [0.05, 0.1) is 18.3 Å². The number of carbonyl (C=O) groups is 2. The molecule has 3 fully saturated rings. The van der Waals surface area contributed by atoms with Crippen LogP contribution in [0.25, 0.3) is 0 Å². The number of hydrogen-bond acceptors (Lipinski definition) is 11. The van der Waals surface area contributed by atoms with Gasteiger partial charge in [-0.3, -0.25) is 9.59 Å². The number of esters is 2. The first-order valence-corrected chi connectivity index (χ1v) is 12.5. The monoisotopic (exact) mass is 504 g/mol. The van der Waals surface area contributed by atoms with E-state index in [1.54, 1.807) is 0 Å². The van der Waals surface area contributed by atoms with Crippen LogP contribution in [0.3, 0.4) is 0 Å². The number of fused-ring (bicyclic) bond motifs is 2. The largest absolute Gasteiger partial charge is 0.463 e. The second-order valence-electron chi connectivity index (χ2n) is 9.42. The van der Waals surface area contributed by atoms with Gasteiger partial charge in [0.2, 0.25) is 0 Å². The SMILES string of the molecule is CCCCO[C@@H]1[C@@H]2OC3(OC)CC[C@H](CCO)O[C@@H]3[C@@H](OC(C)=O)[C@@H]2O[C@@H]1C[C@@H](O)COC(C)=O. The Kier molecular flexibility index (Phi) is 10.3. The highest BCUT2D eigenvalue weighted by Gasteiger charge is 2.65. The molecule has 0 aliphatic carbocycles. The molecular formula is C24H40O11. The van der Waals surface area contributed by atoms with E-state index >= 15 is 0 Å². The second-order valence-corrected chi connectivity index (χ2v) is 9.42. The minimum Gasteiger partial charge on any atom is -0.463 e. The third kappa shape index (κ3) is 6.71. The van der Waals surface area contributed by atoms with Gasteiger partial charge in [-0.2, -0.15) is 0 Å². The van der Waals surface area contributed by atoms with Crippen LogP contribution in [0.15, 0.2) is 0 Å². The van der Waals surface area contributed by atoms with Gasteiger partial charge in [0.25, 0.3) is 0 Å². The van der Waals surface area contributed by atoms with E-state index in [2.05, 4.69) is 6.92 Å². The van der Waals surface area contributed by atoms with Crippen LogP contribution in [0.2, 0.25) is 0 Å². The van der Waals surface area contributed by atoms with E-state index in [1.807, 2.05) is 0 Å². The number of aliphatic hydroxyl groups is 2. The Balaban J connectivity index is 1.88. The van der Waals surface area contributed by atoms with Gasteiger partial charge in [0, 0.05) is 47.0 Å². The van der Waals surface area contributed by atoms with E-state index < -0.39 is 60.5 Å². The van der Waals surface area contributed by atoms with Gasteiger partial charge >= 0.3 is 11.9 Å². The van der Waals surface area contributed by atoms with Gasteiger partial charge in [-0.1, -0.05) is 13.3 Å². The molecule has 0 aromatic heterocycles. The summed E-state index contributed by atoms with van der Waals surface area (Å²) in [6, 6.07) is 0. The fourth-order valence-corrected chi connectivity index (χ4v) is 5.14. The molecular weight excluding hydrogens is 464 g/mol. The number of carbonyl (C=O) groups excluding carboxylic acids is 2. The molecule has 11 nitrogen and oxygen atoms in total. The van der Waals surface area contributed by atoms with Crippen LogP contribution in [0.5, 0.6) is 0 Å². The van der Waals surface area contributed by atoms with Gasteiger partial charge in [-0.25, -0.2) is 0 Å². The molecule has 3 aliphatic rings. The maximum Gasteiger partial charge on any atom is 0.303 e. The standard InChI is InChI=1S/C24H40O11/c1-5-6-11-30-19-18(12-16(28)13-31-14(2)26)34-20-21(19)35-24(29-4)9-7-17(8-10-25)33-23(24)22(20)32-15(3)27/h16-23,25,28H,5-13H2,1-4H3/t16-,17-,18-,19+,20-,21+,22+,23-,24?/m1/s1. The zero-order valence-electron chi connectivity index (χ0n) is 21.1. The lowest BCUT2D eigenvalue weighted by Gasteiger charge is -2.53. The first-order chi connectivity index (χ1) is 16.7. The molecule has 35 heavy (non-hydrogen) atoms. The number of methoxy groups -OCH3 is 1. The molecule has 3 saturated heterocycles. The smallest absolute Gasteiger partial charge is 0.303 e. The van der Waals surface area contributed by atoms with E-state index in [9.17, 15) is 19.8 Å². The fraction of sp³-hybridized carbons (Fsp3) is 0.917. The Hall–Kier alpha value is -1.34. The fourth-order valence-electron chi connectivity index (χ4n) is 5.14. The third-order valence-corrected chi connectivity index (χ3v) is 6.78. The molecule has 1 unspecified atom stereocenters. The molecule has 3 heterocycles. The summed E-state index contributed by atoms with van der Waals surface area (Å²) in [6.45, 7) is 4.91. The minimum absolute atomic E-state index is 0.0331. The van der Waals surface area contributed by atoms with Crippen molar-refractivity contribution in [3.8, 4) is 0 Å². The van der Waals surface area contributed by atoms with Crippen LogP contribution < -0.4 is 0 Å². The van der Waals surface area contributed by atoms with E-state index in [-0.39, 0.29) is 25.7 Å². The normalized spacial score (nSPS) is 37.3. The lowest BCUT2D eigenvalue weighted by Crippen LogP contribution is -2.69. The Morgan fingerprint density at radius 2 is 1.91 bits per heavy atom. The minimum atomic E-state index is -1.19. The molecule has 0 aromatic carbocycles. The third-order valence-electron chi connectivity index (χ3n) is 6.78. The van der Waals surface area contributed by atoms with Crippen molar-refractivity contribution in [2.75, 3.05) is 26.9 Å². The van der Waals surface area contributed by atoms with Crippen molar-refractivity contribution in [2.24, 2.45) is 0 Å². The summed E-state index contributed by atoms with van der Waals surface area (Å²) in [6.07, 6.45) is -1.98. The molecule has 2 N–H and O–H groups in total. The first-order valence-electron chi connectivity index (χ1n) is 12.5. The Labute approximate surface area is 206 Å². The number of unbranched alkanes of at least 4 members (excludes halogenated alkanes) is 1. The summed E-state index contributed by atoms with van der Waals surface area (Å²) in [5.41, 5.74) is 0. The molecule has 11 heteroatoms. The van der Waals surface area contributed by atoms with Crippen molar-refractivity contribution in [1.82, 2.24) is 0 Å². The summed E-state index contributed by atoms with van der Waals surface area (Å²) in [5.74, 6) is -2.17. The molecule has 0 saturated carbocycles. The van der Waals surface area contributed by atoms with Gasteiger partial charge < -0.3 is 43.4 Å². The number of rotatable bonds is 12. The highest BCUT2D eigenvalue weighted by Crippen LogP contribution is 2.47. The van der Waals surface area contributed by atoms with Crippen molar-refractivity contribution in [3.63, 3.8) is 0 Å². The number of hydrogen-bond donors (Lipinski definition) is 2. The van der Waals surface area contributed by atoms with Gasteiger partial charge in [-0.15, -0.1) is 0 Å². The predicted octanol–water partition coefficient (Wildman–Crippen LogP) is 0.856. The zero-order chi connectivity index (χ0) is 25.6. The van der Waals surface area contributed by atoms with E-state index in [1.165, 1.54) is 21.0 Å². The molecule has 0 bridgehead atoms. The molecule has 202 valence electrons. The van der Waals surface area contributed by atoms with Crippen molar-refractivity contribution < 1.29 is 53.0 Å². The Bertz CT molecular complexity index is 703. The number of ether oxygens (including phenoxy) is 7. The van der Waals surface area contributed by atoms with E-state index in [0.717, 1.165) is 12.8 Å². The Morgan fingerprint density at radius 3 is 2.54 bits per heavy atom. The molecule has 0 radical (unpaired) electrons. The molecule has 3 rings (SSSR count). The quantitative estimate of drug-likeness (QED) is 0.289. The highest BCUT2D eigenvalue weighted by atomic mass is 16.8. The Morgan fingerprint density at radius 1 is 1.14 bits per heavy atom. The lowest BCUT2D eigenvalue weighted by molar-refractivity contribution is -0.383. The topological polar surface area (TPSA) is 139 Å². The van der Waals surface area contributed by atoms with Crippen LogP contribution in [0.1, 0.15) is 59.3 Å². The number of aliphatic hydroxyl groups excluding tert-OH is 2. The summed E-state index contributed by atoms with van der Waals surface area (Å²) in [5, 5.41) is 19.9. The predicted molar refractivity (Wildman–Crippen MR) is 120 cm³/mol. The average Bonchev–Trinajstić information content (AvgIpc) is 3.14. The highest BCUT2D eigenvalue weighted by molar-refractivity contribution is 5.66. The second kappa shape index (κ2) is 12.8. The van der Waals surface area contributed by atoms with Crippen LogP contribution in [0.4, 0.5) is 0 Å². The summed E-state index contributed by atoms with van der Waals surface area (Å²) in [4.78, 5) is 23.3.